The average molecular weight is 533 g/mol. The fraction of sp³-hybridized carbons (Fsp3) is 0.500. The molecule has 29 heavy (non-hydrogen) atoms. The van der Waals surface area contributed by atoms with E-state index in [4.69, 9.17) is 0 Å². The number of halogens is 1. The van der Waals surface area contributed by atoms with Crippen LogP contribution >= 0.6 is 24.0 Å². The summed E-state index contributed by atoms with van der Waals surface area (Å²) >= 11 is 0. The summed E-state index contributed by atoms with van der Waals surface area (Å²) in [6.45, 7) is 6.10. The molecule has 2 aromatic rings. The smallest absolute Gasteiger partial charge is 0.191 e. The Morgan fingerprint density at radius 3 is 2.66 bits per heavy atom. The number of rotatable bonds is 10. The minimum Gasteiger partial charge on any atom is -0.357 e. The lowest BCUT2D eigenvalue weighted by molar-refractivity contribution is 0.581. The standard InChI is InChI=1S/C20H31N5O2S.HI/c1-4-21-20(24-17(2)11-15-28(3,26)27)23-12-10-19-22-13-14-25(19)16-18-8-6-5-7-9-18;/h5-9,13-14,17H,4,10-12,15-16H2,1-3H3,(H2,21,23,24);1H. The van der Waals surface area contributed by atoms with Crippen molar-refractivity contribution in [3.8, 4) is 0 Å². The van der Waals surface area contributed by atoms with Crippen molar-refractivity contribution < 1.29 is 8.42 Å². The second kappa shape index (κ2) is 12.8. The Morgan fingerprint density at radius 2 is 2.00 bits per heavy atom. The van der Waals surface area contributed by atoms with Gasteiger partial charge in [-0.25, -0.2) is 13.4 Å². The Bertz CT molecular complexity index is 853. The number of aromatic nitrogens is 2. The predicted molar refractivity (Wildman–Crippen MR) is 130 cm³/mol. The molecule has 1 heterocycles. The Kier molecular flexibility index (Phi) is 11.3. The molecule has 0 fully saturated rings. The Morgan fingerprint density at radius 1 is 1.28 bits per heavy atom. The third-order valence-corrected chi connectivity index (χ3v) is 5.23. The zero-order valence-corrected chi connectivity index (χ0v) is 20.5. The molecular formula is C20H32IN5O2S. The van der Waals surface area contributed by atoms with Gasteiger partial charge in [0, 0.05) is 50.7 Å². The maximum absolute atomic E-state index is 11.3. The summed E-state index contributed by atoms with van der Waals surface area (Å²) in [7, 11) is -2.96. The van der Waals surface area contributed by atoms with Gasteiger partial charge in [0.1, 0.15) is 15.7 Å². The van der Waals surface area contributed by atoms with Gasteiger partial charge in [0.05, 0.1) is 5.75 Å². The van der Waals surface area contributed by atoms with Crippen molar-refractivity contribution >= 4 is 39.8 Å². The van der Waals surface area contributed by atoms with E-state index in [0.717, 1.165) is 25.3 Å². The van der Waals surface area contributed by atoms with Crippen LogP contribution in [-0.2, 0) is 22.8 Å². The number of sulfone groups is 1. The maximum Gasteiger partial charge on any atom is 0.191 e. The van der Waals surface area contributed by atoms with Crippen LogP contribution in [0, 0.1) is 0 Å². The van der Waals surface area contributed by atoms with Crippen LogP contribution in [0.1, 0.15) is 31.7 Å². The highest BCUT2D eigenvalue weighted by Crippen LogP contribution is 2.06. The molecule has 0 aliphatic heterocycles. The van der Waals surface area contributed by atoms with Crippen LogP contribution in [0.15, 0.2) is 47.7 Å². The lowest BCUT2D eigenvalue weighted by atomic mass is 10.2. The molecule has 0 saturated heterocycles. The van der Waals surface area contributed by atoms with Crippen LogP contribution in [0.25, 0.3) is 0 Å². The van der Waals surface area contributed by atoms with E-state index in [1.54, 1.807) is 0 Å². The summed E-state index contributed by atoms with van der Waals surface area (Å²) in [6.07, 6.45) is 6.34. The van der Waals surface area contributed by atoms with Crippen molar-refractivity contribution in [3.63, 3.8) is 0 Å². The molecule has 2 N–H and O–H groups in total. The largest absolute Gasteiger partial charge is 0.357 e. The summed E-state index contributed by atoms with van der Waals surface area (Å²) in [5.74, 6) is 1.86. The number of nitrogens with one attached hydrogen (secondary N) is 2. The van der Waals surface area contributed by atoms with E-state index in [1.807, 2.05) is 44.4 Å². The minimum atomic E-state index is -2.96. The fourth-order valence-corrected chi connectivity index (χ4v) is 3.56. The zero-order chi connectivity index (χ0) is 20.4. The van der Waals surface area contributed by atoms with Gasteiger partial charge in [-0.15, -0.1) is 24.0 Å². The highest BCUT2D eigenvalue weighted by molar-refractivity contribution is 14.0. The molecule has 1 aromatic carbocycles. The van der Waals surface area contributed by atoms with E-state index in [-0.39, 0.29) is 35.8 Å². The van der Waals surface area contributed by atoms with E-state index in [9.17, 15) is 8.42 Å². The van der Waals surface area contributed by atoms with Crippen molar-refractivity contribution in [1.82, 2.24) is 20.2 Å². The number of nitrogens with zero attached hydrogens (tertiary/aromatic N) is 3. The molecule has 0 bridgehead atoms. The first-order valence-electron chi connectivity index (χ1n) is 9.64. The van der Waals surface area contributed by atoms with Crippen LogP contribution < -0.4 is 10.6 Å². The first kappa shape index (κ1) is 25.4. The molecule has 2 rings (SSSR count). The first-order valence-corrected chi connectivity index (χ1v) is 11.7. The summed E-state index contributed by atoms with van der Waals surface area (Å²) in [5, 5.41) is 6.48. The fourth-order valence-electron chi connectivity index (χ4n) is 2.78. The number of guanidine groups is 1. The molecule has 0 amide bonds. The van der Waals surface area contributed by atoms with Crippen molar-refractivity contribution in [2.45, 2.75) is 39.3 Å². The van der Waals surface area contributed by atoms with Gasteiger partial charge >= 0.3 is 0 Å². The number of imidazole rings is 1. The lowest BCUT2D eigenvalue weighted by Crippen LogP contribution is -2.43. The first-order chi connectivity index (χ1) is 13.4. The number of hydrogen-bond acceptors (Lipinski definition) is 4. The second-order valence-electron chi connectivity index (χ2n) is 6.93. The molecule has 0 aliphatic rings. The van der Waals surface area contributed by atoms with E-state index < -0.39 is 9.84 Å². The second-order valence-corrected chi connectivity index (χ2v) is 9.19. The monoisotopic (exact) mass is 533 g/mol. The van der Waals surface area contributed by atoms with Gasteiger partial charge in [0.15, 0.2) is 5.96 Å². The topological polar surface area (TPSA) is 88.4 Å². The zero-order valence-electron chi connectivity index (χ0n) is 17.3. The van der Waals surface area contributed by atoms with Gasteiger partial charge in [-0.1, -0.05) is 30.3 Å². The molecule has 7 nitrogen and oxygen atoms in total. The van der Waals surface area contributed by atoms with Gasteiger partial charge in [-0.2, -0.15) is 0 Å². The van der Waals surface area contributed by atoms with Crippen molar-refractivity contribution in [3.05, 3.63) is 54.1 Å². The molecule has 9 heteroatoms. The number of aliphatic imine (C=N–C) groups is 1. The Hall–Kier alpha value is -1.62. The Balaban J connectivity index is 0.00000420. The highest BCUT2D eigenvalue weighted by Gasteiger charge is 2.10. The molecule has 0 saturated carbocycles. The Labute approximate surface area is 191 Å². The lowest BCUT2D eigenvalue weighted by Gasteiger charge is -2.17. The maximum atomic E-state index is 11.3. The molecule has 0 aliphatic carbocycles. The van der Waals surface area contributed by atoms with Gasteiger partial charge in [-0.05, 0) is 25.8 Å². The molecule has 1 unspecified atom stereocenters. The van der Waals surface area contributed by atoms with Crippen LogP contribution in [0.3, 0.4) is 0 Å². The average Bonchev–Trinajstić information content (AvgIpc) is 3.07. The van der Waals surface area contributed by atoms with E-state index in [2.05, 4.69) is 37.3 Å². The summed E-state index contributed by atoms with van der Waals surface area (Å²) in [6, 6.07) is 10.3. The van der Waals surface area contributed by atoms with Crippen molar-refractivity contribution in [2.24, 2.45) is 4.99 Å². The van der Waals surface area contributed by atoms with Gasteiger partial charge < -0.3 is 15.2 Å². The molecule has 1 atom stereocenters. The SMILES string of the molecule is CCNC(=NCCc1nccn1Cc1ccccc1)NC(C)CCS(C)(=O)=O.I. The van der Waals surface area contributed by atoms with Crippen LogP contribution in [0.2, 0.25) is 0 Å². The predicted octanol–water partition coefficient (Wildman–Crippen LogP) is 2.47. The van der Waals surface area contributed by atoms with Crippen LogP contribution in [-0.4, -0.2) is 55.1 Å². The number of hydrogen-bond donors (Lipinski definition) is 2. The molecule has 0 radical (unpaired) electrons. The molecule has 0 spiro atoms. The quantitative estimate of drug-likeness (QED) is 0.279. The summed E-state index contributed by atoms with van der Waals surface area (Å²) in [5.41, 5.74) is 1.24. The van der Waals surface area contributed by atoms with E-state index >= 15 is 0 Å². The molecule has 162 valence electrons. The molecular weight excluding hydrogens is 501 g/mol. The van der Waals surface area contributed by atoms with Crippen LogP contribution in [0.4, 0.5) is 0 Å². The minimum absolute atomic E-state index is 0. The van der Waals surface area contributed by atoms with Crippen LogP contribution in [0.5, 0.6) is 0 Å². The van der Waals surface area contributed by atoms with Gasteiger partial charge in [0.25, 0.3) is 0 Å². The third-order valence-electron chi connectivity index (χ3n) is 4.25. The van der Waals surface area contributed by atoms with Crippen molar-refractivity contribution in [2.75, 3.05) is 25.1 Å². The highest BCUT2D eigenvalue weighted by atomic mass is 127. The summed E-state index contributed by atoms with van der Waals surface area (Å²) < 4.78 is 24.8. The molecule has 1 aromatic heterocycles. The number of benzene rings is 1. The normalized spacial score (nSPS) is 12.9. The van der Waals surface area contributed by atoms with Gasteiger partial charge in [0.2, 0.25) is 0 Å². The summed E-state index contributed by atoms with van der Waals surface area (Å²) in [4.78, 5) is 9.07. The van der Waals surface area contributed by atoms with E-state index in [1.165, 1.54) is 11.8 Å². The van der Waals surface area contributed by atoms with Gasteiger partial charge in [-0.3, -0.25) is 4.99 Å². The van der Waals surface area contributed by atoms with E-state index in [0.29, 0.717) is 18.9 Å². The third kappa shape index (κ3) is 10.1. The van der Waals surface area contributed by atoms with Crippen molar-refractivity contribution in [1.29, 1.82) is 0 Å².